The second-order valence-corrected chi connectivity index (χ2v) is 5.59. The predicted octanol–water partition coefficient (Wildman–Crippen LogP) is 3.78. The minimum atomic E-state index is 0.242. The van der Waals surface area contributed by atoms with Gasteiger partial charge in [-0.15, -0.1) is 0 Å². The van der Waals surface area contributed by atoms with Crippen molar-refractivity contribution in [1.29, 1.82) is 0 Å². The van der Waals surface area contributed by atoms with Crippen molar-refractivity contribution in [2.45, 2.75) is 64.7 Å². The van der Waals surface area contributed by atoms with Crippen molar-refractivity contribution in [2.24, 2.45) is 4.99 Å². The van der Waals surface area contributed by atoms with Crippen LogP contribution in [0.25, 0.3) is 0 Å². The average molecular weight is 280 g/mol. The zero-order chi connectivity index (χ0) is 14.5. The molecule has 0 aliphatic carbocycles. The summed E-state index contributed by atoms with van der Waals surface area (Å²) in [7, 11) is 0. The standard InChI is InChI=1S/C17H32N2O/c1-2-3-4-5-6-7-8-9-10-11-12-17-18-13-14-19(17)15-16-20/h2-3,20H,4-16H2,1H3/b3-2+. The molecule has 0 aromatic heterocycles. The summed E-state index contributed by atoms with van der Waals surface area (Å²) in [5, 5.41) is 8.99. The number of aliphatic hydroxyl groups is 1. The van der Waals surface area contributed by atoms with Crippen LogP contribution in [0, 0.1) is 0 Å². The number of aliphatic imine (C=N–C) groups is 1. The van der Waals surface area contributed by atoms with E-state index in [0.717, 1.165) is 26.1 Å². The number of unbranched alkanes of at least 4 members (excludes halogenated alkanes) is 7. The van der Waals surface area contributed by atoms with Gasteiger partial charge in [-0.3, -0.25) is 4.99 Å². The van der Waals surface area contributed by atoms with E-state index >= 15 is 0 Å². The Morgan fingerprint density at radius 3 is 2.50 bits per heavy atom. The number of hydrogen-bond acceptors (Lipinski definition) is 3. The summed E-state index contributed by atoms with van der Waals surface area (Å²) in [6, 6.07) is 0. The van der Waals surface area contributed by atoms with Gasteiger partial charge in [-0.2, -0.15) is 0 Å². The van der Waals surface area contributed by atoms with Crippen molar-refractivity contribution in [3.05, 3.63) is 12.2 Å². The van der Waals surface area contributed by atoms with Crippen LogP contribution in [0.1, 0.15) is 64.7 Å². The summed E-state index contributed by atoms with van der Waals surface area (Å²) >= 11 is 0. The molecular weight excluding hydrogens is 248 g/mol. The summed E-state index contributed by atoms with van der Waals surface area (Å²) < 4.78 is 0. The minimum absolute atomic E-state index is 0.242. The molecule has 0 aromatic carbocycles. The van der Waals surface area contributed by atoms with E-state index in [1.807, 2.05) is 0 Å². The highest BCUT2D eigenvalue weighted by molar-refractivity contribution is 5.83. The van der Waals surface area contributed by atoms with E-state index in [0.29, 0.717) is 0 Å². The van der Waals surface area contributed by atoms with Crippen molar-refractivity contribution in [3.63, 3.8) is 0 Å². The van der Waals surface area contributed by atoms with Crippen molar-refractivity contribution in [3.8, 4) is 0 Å². The topological polar surface area (TPSA) is 35.8 Å². The first-order chi connectivity index (χ1) is 9.88. The van der Waals surface area contributed by atoms with Crippen LogP contribution >= 0.6 is 0 Å². The molecule has 0 bridgehead atoms. The molecule has 1 aliphatic heterocycles. The van der Waals surface area contributed by atoms with E-state index in [4.69, 9.17) is 5.11 Å². The highest BCUT2D eigenvalue weighted by Crippen LogP contribution is 2.13. The Morgan fingerprint density at radius 2 is 1.80 bits per heavy atom. The number of nitrogens with zero attached hydrogens (tertiary/aromatic N) is 2. The summed E-state index contributed by atoms with van der Waals surface area (Å²) in [5.74, 6) is 1.23. The van der Waals surface area contributed by atoms with E-state index < -0.39 is 0 Å². The zero-order valence-corrected chi connectivity index (χ0v) is 13.2. The molecule has 0 saturated carbocycles. The number of hydrogen-bond donors (Lipinski definition) is 1. The molecule has 0 radical (unpaired) electrons. The largest absolute Gasteiger partial charge is 0.395 e. The van der Waals surface area contributed by atoms with E-state index in [1.165, 1.54) is 57.2 Å². The number of allylic oxidation sites excluding steroid dienone is 2. The third-order valence-corrected chi connectivity index (χ3v) is 3.91. The maximum Gasteiger partial charge on any atom is 0.0991 e. The van der Waals surface area contributed by atoms with Gasteiger partial charge in [0.05, 0.1) is 19.0 Å². The first-order valence-corrected chi connectivity index (χ1v) is 8.38. The summed E-state index contributed by atoms with van der Waals surface area (Å²) in [4.78, 5) is 6.77. The molecule has 0 amide bonds. The molecule has 1 heterocycles. The Kier molecular flexibility index (Phi) is 10.3. The fourth-order valence-corrected chi connectivity index (χ4v) is 2.72. The lowest BCUT2D eigenvalue weighted by molar-refractivity contribution is 0.255. The Labute approximate surface area is 124 Å². The van der Waals surface area contributed by atoms with Gasteiger partial charge in [0.1, 0.15) is 0 Å². The maximum atomic E-state index is 8.99. The van der Waals surface area contributed by atoms with E-state index in [1.54, 1.807) is 0 Å². The molecular formula is C17H32N2O. The van der Waals surface area contributed by atoms with Crippen LogP contribution in [0.3, 0.4) is 0 Å². The summed E-state index contributed by atoms with van der Waals surface area (Å²) in [5.41, 5.74) is 0. The molecule has 3 nitrogen and oxygen atoms in total. The molecule has 0 saturated heterocycles. The summed E-state index contributed by atoms with van der Waals surface area (Å²) in [6.07, 6.45) is 16.2. The lowest BCUT2D eigenvalue weighted by Crippen LogP contribution is -2.30. The molecule has 0 spiro atoms. The summed E-state index contributed by atoms with van der Waals surface area (Å²) in [6.45, 7) is 5.01. The molecule has 20 heavy (non-hydrogen) atoms. The van der Waals surface area contributed by atoms with Crippen LogP contribution in [0.5, 0.6) is 0 Å². The number of aliphatic hydroxyl groups excluding tert-OH is 1. The second-order valence-electron chi connectivity index (χ2n) is 5.59. The van der Waals surface area contributed by atoms with Crippen molar-refractivity contribution in [1.82, 2.24) is 4.90 Å². The molecule has 0 unspecified atom stereocenters. The Hall–Kier alpha value is -0.830. The first kappa shape index (κ1) is 17.2. The van der Waals surface area contributed by atoms with Crippen LogP contribution < -0.4 is 0 Å². The van der Waals surface area contributed by atoms with Crippen molar-refractivity contribution in [2.75, 3.05) is 26.2 Å². The SMILES string of the molecule is C/C=C/CCCCCCCCCC1=NCCN1CCO. The Balaban J connectivity index is 1.89. The van der Waals surface area contributed by atoms with E-state index in [-0.39, 0.29) is 6.61 Å². The normalized spacial score (nSPS) is 15.3. The van der Waals surface area contributed by atoms with Gasteiger partial charge in [0.2, 0.25) is 0 Å². The lowest BCUT2D eigenvalue weighted by atomic mass is 10.1. The number of amidine groups is 1. The van der Waals surface area contributed by atoms with Crippen LogP contribution in [0.2, 0.25) is 0 Å². The third-order valence-electron chi connectivity index (χ3n) is 3.91. The predicted molar refractivity (Wildman–Crippen MR) is 87.3 cm³/mol. The quantitative estimate of drug-likeness (QED) is 0.436. The van der Waals surface area contributed by atoms with Gasteiger partial charge in [-0.25, -0.2) is 0 Å². The van der Waals surface area contributed by atoms with Gasteiger partial charge in [0, 0.05) is 19.5 Å². The maximum absolute atomic E-state index is 8.99. The molecule has 0 atom stereocenters. The molecule has 0 aromatic rings. The first-order valence-electron chi connectivity index (χ1n) is 8.38. The minimum Gasteiger partial charge on any atom is -0.395 e. The van der Waals surface area contributed by atoms with Crippen LogP contribution in [0.4, 0.5) is 0 Å². The molecule has 1 rings (SSSR count). The second kappa shape index (κ2) is 12.0. The Morgan fingerprint density at radius 1 is 1.10 bits per heavy atom. The average Bonchev–Trinajstić information content (AvgIpc) is 2.89. The van der Waals surface area contributed by atoms with Crippen LogP contribution in [-0.2, 0) is 0 Å². The number of β-amino-alcohol motifs (C(OH)–C–C–N with tert-alkyl or cyclic N) is 1. The zero-order valence-electron chi connectivity index (χ0n) is 13.2. The molecule has 0 fully saturated rings. The lowest BCUT2D eigenvalue weighted by Gasteiger charge is -2.18. The fraction of sp³-hybridized carbons (Fsp3) is 0.824. The van der Waals surface area contributed by atoms with Crippen LogP contribution in [0.15, 0.2) is 17.1 Å². The molecule has 116 valence electrons. The van der Waals surface area contributed by atoms with Gasteiger partial charge < -0.3 is 10.0 Å². The van der Waals surface area contributed by atoms with E-state index in [9.17, 15) is 0 Å². The van der Waals surface area contributed by atoms with Gasteiger partial charge in [0.15, 0.2) is 0 Å². The highest BCUT2D eigenvalue weighted by Gasteiger charge is 2.14. The molecule has 1 N–H and O–H groups in total. The smallest absolute Gasteiger partial charge is 0.0991 e. The van der Waals surface area contributed by atoms with Crippen molar-refractivity contribution >= 4 is 5.84 Å². The van der Waals surface area contributed by atoms with Crippen molar-refractivity contribution < 1.29 is 5.11 Å². The molecule has 1 aliphatic rings. The highest BCUT2D eigenvalue weighted by atomic mass is 16.3. The van der Waals surface area contributed by atoms with E-state index in [2.05, 4.69) is 29.0 Å². The number of rotatable bonds is 12. The monoisotopic (exact) mass is 280 g/mol. The van der Waals surface area contributed by atoms with Gasteiger partial charge >= 0.3 is 0 Å². The van der Waals surface area contributed by atoms with Gasteiger partial charge in [-0.1, -0.05) is 44.3 Å². The fourth-order valence-electron chi connectivity index (χ4n) is 2.72. The molecule has 3 heteroatoms. The van der Waals surface area contributed by atoms with Crippen LogP contribution in [-0.4, -0.2) is 42.1 Å². The third kappa shape index (κ3) is 7.68. The van der Waals surface area contributed by atoms with Gasteiger partial charge in [-0.05, 0) is 26.2 Å². The Bertz CT molecular complexity index is 287. The van der Waals surface area contributed by atoms with Gasteiger partial charge in [0.25, 0.3) is 0 Å².